The van der Waals surface area contributed by atoms with Crippen LogP contribution in [0.2, 0.25) is 0 Å². The third-order valence-electron chi connectivity index (χ3n) is 5.46. The number of primary amides is 1. The molecule has 1 heterocycles. The summed E-state index contributed by atoms with van der Waals surface area (Å²) in [7, 11) is 1.52. The predicted octanol–water partition coefficient (Wildman–Crippen LogP) is 4.05. The fraction of sp³-hybridized carbons (Fsp3) is 0.115. The second kappa shape index (κ2) is 9.91. The number of carbonyl (C=O) groups excluding carboxylic acids is 3. The number of amides is 2. The molecule has 0 bridgehead atoms. The van der Waals surface area contributed by atoms with Gasteiger partial charge < -0.3 is 25.5 Å². The van der Waals surface area contributed by atoms with Crippen molar-refractivity contribution in [2.45, 2.75) is 12.1 Å². The maximum absolute atomic E-state index is 13.2. The van der Waals surface area contributed by atoms with Gasteiger partial charge in [-0.25, -0.2) is 4.79 Å². The van der Waals surface area contributed by atoms with Crippen molar-refractivity contribution < 1.29 is 23.9 Å². The van der Waals surface area contributed by atoms with Gasteiger partial charge in [-0.2, -0.15) is 0 Å². The Bertz CT molecular complexity index is 1320. The number of hydrogen-bond acceptors (Lipinski definition) is 5. The number of nitrogens with two attached hydrogens (primary N) is 1. The second-order valence-electron chi connectivity index (χ2n) is 7.57. The lowest BCUT2D eigenvalue weighted by Gasteiger charge is -2.28. The summed E-state index contributed by atoms with van der Waals surface area (Å²) in [5.74, 6) is -1.04. The Balaban J connectivity index is 1.70. The number of aromatic nitrogens is 1. The molecule has 4 aromatic rings. The Morgan fingerprint density at radius 2 is 1.56 bits per heavy atom. The lowest BCUT2D eigenvalue weighted by atomic mass is 9.95. The second-order valence-corrected chi connectivity index (χ2v) is 7.57. The van der Waals surface area contributed by atoms with E-state index >= 15 is 0 Å². The lowest BCUT2D eigenvalue weighted by molar-refractivity contribution is -0.118. The molecule has 0 spiro atoms. The van der Waals surface area contributed by atoms with Crippen LogP contribution in [0, 0.1) is 0 Å². The van der Waals surface area contributed by atoms with Gasteiger partial charge >= 0.3 is 6.09 Å². The highest BCUT2D eigenvalue weighted by Crippen LogP contribution is 2.33. The molecule has 0 aliphatic carbocycles. The minimum absolute atomic E-state index is 0.199. The Morgan fingerprint density at radius 3 is 2.18 bits per heavy atom. The number of rotatable bonds is 8. The van der Waals surface area contributed by atoms with E-state index in [1.54, 1.807) is 66.7 Å². The molecule has 1 aromatic heterocycles. The molecule has 0 aliphatic rings. The largest absolute Gasteiger partial charge is 0.497 e. The monoisotopic (exact) mass is 457 g/mol. The molecule has 0 radical (unpaired) electrons. The maximum Gasteiger partial charge on any atom is 0.405 e. The molecule has 34 heavy (non-hydrogen) atoms. The SMILES string of the molecule is COc1ccc2[nH]cc(C(=O)C(=O)N[C@H](c3ccccc3)[C@H](OC(N)=O)c3ccccc3)c2c1. The van der Waals surface area contributed by atoms with Gasteiger partial charge in [-0.3, -0.25) is 9.59 Å². The summed E-state index contributed by atoms with van der Waals surface area (Å²) in [5.41, 5.74) is 7.49. The summed E-state index contributed by atoms with van der Waals surface area (Å²) in [6, 6.07) is 22.1. The number of fused-ring (bicyclic) bond motifs is 1. The summed E-state index contributed by atoms with van der Waals surface area (Å²) in [6.07, 6.45) is -0.474. The van der Waals surface area contributed by atoms with Gasteiger partial charge in [-0.1, -0.05) is 60.7 Å². The average Bonchev–Trinajstić information content (AvgIpc) is 3.29. The molecule has 4 N–H and O–H groups in total. The molecular weight excluding hydrogens is 434 g/mol. The van der Waals surface area contributed by atoms with E-state index in [2.05, 4.69) is 10.3 Å². The number of carbonyl (C=O) groups is 3. The van der Waals surface area contributed by atoms with Crippen molar-refractivity contribution in [2.75, 3.05) is 7.11 Å². The van der Waals surface area contributed by atoms with Crippen LogP contribution in [0.5, 0.6) is 5.75 Å². The van der Waals surface area contributed by atoms with Gasteiger partial charge in [0.2, 0.25) is 0 Å². The molecule has 8 nitrogen and oxygen atoms in total. The van der Waals surface area contributed by atoms with E-state index in [1.807, 2.05) is 12.1 Å². The zero-order valence-corrected chi connectivity index (χ0v) is 18.4. The zero-order chi connectivity index (χ0) is 24.1. The number of Topliss-reactive ketones (excluding diaryl/α,β-unsaturated/α-hetero) is 1. The summed E-state index contributed by atoms with van der Waals surface area (Å²) < 4.78 is 10.7. The van der Waals surface area contributed by atoms with Gasteiger partial charge in [0.1, 0.15) is 5.75 Å². The van der Waals surface area contributed by atoms with Crippen LogP contribution in [0.25, 0.3) is 10.9 Å². The standard InChI is InChI=1S/C26H23N3O5/c1-33-18-12-13-21-19(14-18)20(15-28-21)23(30)25(31)29-22(16-8-4-2-5-9-16)24(34-26(27)32)17-10-6-3-7-11-17/h2-15,22,24,28H,1H3,(H2,27,32)(H,29,31)/t22-,24-/m1/s1. The first-order valence-corrected chi connectivity index (χ1v) is 10.5. The van der Waals surface area contributed by atoms with Crippen LogP contribution in [0.4, 0.5) is 4.79 Å². The lowest BCUT2D eigenvalue weighted by Crippen LogP contribution is -2.39. The van der Waals surface area contributed by atoms with Crippen LogP contribution in [-0.4, -0.2) is 29.9 Å². The summed E-state index contributed by atoms with van der Waals surface area (Å²) in [6.45, 7) is 0. The predicted molar refractivity (Wildman–Crippen MR) is 126 cm³/mol. The van der Waals surface area contributed by atoms with Crippen molar-refractivity contribution in [3.05, 3.63) is 102 Å². The van der Waals surface area contributed by atoms with E-state index < -0.39 is 29.9 Å². The van der Waals surface area contributed by atoms with E-state index in [4.69, 9.17) is 15.2 Å². The summed E-state index contributed by atoms with van der Waals surface area (Å²) >= 11 is 0. The van der Waals surface area contributed by atoms with E-state index in [0.29, 0.717) is 27.8 Å². The topological polar surface area (TPSA) is 124 Å². The van der Waals surface area contributed by atoms with E-state index in [1.165, 1.54) is 13.3 Å². The van der Waals surface area contributed by atoms with Crippen LogP contribution in [0.15, 0.2) is 85.1 Å². The smallest absolute Gasteiger partial charge is 0.405 e. The van der Waals surface area contributed by atoms with Crippen molar-refractivity contribution in [1.29, 1.82) is 0 Å². The first kappa shape index (κ1) is 22.6. The average molecular weight is 457 g/mol. The highest BCUT2D eigenvalue weighted by Gasteiger charge is 2.32. The Kier molecular flexibility index (Phi) is 6.59. The fourth-order valence-corrected chi connectivity index (χ4v) is 3.83. The number of methoxy groups -OCH3 is 1. The number of H-pyrrole nitrogens is 1. The van der Waals surface area contributed by atoms with Crippen molar-refractivity contribution in [2.24, 2.45) is 5.73 Å². The minimum atomic E-state index is -1.00. The van der Waals surface area contributed by atoms with Crippen LogP contribution in [0.3, 0.4) is 0 Å². The molecule has 0 saturated carbocycles. The Labute approximate surface area is 195 Å². The Morgan fingerprint density at radius 1 is 0.912 bits per heavy atom. The van der Waals surface area contributed by atoms with Gasteiger partial charge in [-0.15, -0.1) is 0 Å². The highest BCUT2D eigenvalue weighted by atomic mass is 16.6. The van der Waals surface area contributed by atoms with Gasteiger partial charge in [0.05, 0.1) is 18.7 Å². The minimum Gasteiger partial charge on any atom is -0.497 e. The van der Waals surface area contributed by atoms with Crippen molar-refractivity contribution in [3.8, 4) is 5.75 Å². The zero-order valence-electron chi connectivity index (χ0n) is 18.4. The number of aromatic amines is 1. The van der Waals surface area contributed by atoms with Gasteiger partial charge in [-0.05, 0) is 29.3 Å². The molecular formula is C26H23N3O5. The number of ether oxygens (including phenoxy) is 2. The number of hydrogen-bond donors (Lipinski definition) is 3. The van der Waals surface area contributed by atoms with Crippen molar-refractivity contribution >= 4 is 28.7 Å². The summed E-state index contributed by atoms with van der Waals surface area (Å²) in [5, 5.41) is 3.31. The quantitative estimate of drug-likeness (QED) is 0.272. The first-order chi connectivity index (χ1) is 16.5. The molecule has 0 saturated heterocycles. The molecule has 172 valence electrons. The Hall–Kier alpha value is -4.59. The number of benzene rings is 3. The van der Waals surface area contributed by atoms with Gasteiger partial charge in [0.15, 0.2) is 6.10 Å². The van der Waals surface area contributed by atoms with Crippen LogP contribution >= 0.6 is 0 Å². The molecule has 2 amide bonds. The maximum atomic E-state index is 13.2. The normalized spacial score (nSPS) is 12.5. The summed E-state index contributed by atoms with van der Waals surface area (Å²) in [4.78, 5) is 41.1. The molecule has 8 heteroatoms. The molecule has 3 aromatic carbocycles. The van der Waals surface area contributed by atoms with Crippen LogP contribution in [0.1, 0.15) is 33.6 Å². The first-order valence-electron chi connectivity index (χ1n) is 10.5. The number of nitrogens with one attached hydrogen (secondary N) is 2. The van der Waals surface area contributed by atoms with Crippen molar-refractivity contribution in [1.82, 2.24) is 10.3 Å². The number of ketones is 1. The van der Waals surface area contributed by atoms with E-state index in [9.17, 15) is 14.4 Å². The molecule has 0 unspecified atom stereocenters. The van der Waals surface area contributed by atoms with Gasteiger partial charge in [0.25, 0.3) is 11.7 Å². The third-order valence-corrected chi connectivity index (χ3v) is 5.46. The molecule has 0 fully saturated rings. The van der Waals surface area contributed by atoms with E-state index in [0.717, 1.165) is 0 Å². The molecule has 0 aliphatic heterocycles. The third kappa shape index (κ3) is 4.75. The van der Waals surface area contributed by atoms with Crippen LogP contribution < -0.4 is 15.8 Å². The van der Waals surface area contributed by atoms with Crippen molar-refractivity contribution in [3.63, 3.8) is 0 Å². The van der Waals surface area contributed by atoms with Crippen LogP contribution in [-0.2, 0) is 9.53 Å². The van der Waals surface area contributed by atoms with Gasteiger partial charge in [0, 0.05) is 17.1 Å². The fourth-order valence-electron chi connectivity index (χ4n) is 3.83. The highest BCUT2D eigenvalue weighted by molar-refractivity contribution is 6.45. The molecule has 4 rings (SSSR count). The van der Waals surface area contributed by atoms with E-state index in [-0.39, 0.29) is 5.56 Å². The molecule has 2 atom stereocenters.